The molecule has 27 heteroatoms. The lowest BCUT2D eigenvalue weighted by Crippen LogP contribution is -2.57. The minimum absolute atomic E-state index is 0.00373. The quantitative estimate of drug-likeness (QED) is 0.0306. The molecular weight excluding hydrogens is 1020 g/mol. The number of aromatic nitrogens is 2. The van der Waals surface area contributed by atoms with Crippen LogP contribution in [0.25, 0.3) is 11.1 Å². The van der Waals surface area contributed by atoms with Crippen molar-refractivity contribution in [2.75, 3.05) is 12.3 Å². The van der Waals surface area contributed by atoms with Gasteiger partial charge in [-0.3, -0.25) is 42.7 Å². The summed E-state index contributed by atoms with van der Waals surface area (Å²) in [7, 11) is 0. The van der Waals surface area contributed by atoms with Crippen LogP contribution < -0.4 is 49.3 Å². The van der Waals surface area contributed by atoms with Crippen LogP contribution in [0.5, 0.6) is 0 Å². The van der Waals surface area contributed by atoms with Crippen LogP contribution in [0.1, 0.15) is 67.0 Å². The van der Waals surface area contributed by atoms with E-state index >= 15 is 0 Å². The Labute approximate surface area is 436 Å². The summed E-state index contributed by atoms with van der Waals surface area (Å²) >= 11 is 3.79. The molecule has 0 spiro atoms. The molecule has 4 rings (SSSR count). The number of rotatable bonds is 29. The smallest absolute Gasteiger partial charge is 0.331 e. The monoisotopic (exact) mass is 1080 g/mol. The van der Waals surface area contributed by atoms with Gasteiger partial charge in [-0.05, 0) is 55.0 Å². The van der Waals surface area contributed by atoms with E-state index in [1.165, 1.54) is 13.0 Å². The highest BCUT2D eigenvalue weighted by molar-refractivity contribution is 7.80. The molecule has 24 nitrogen and oxygen atoms in total. The molecule has 0 saturated heterocycles. The van der Waals surface area contributed by atoms with Crippen molar-refractivity contribution in [3.8, 4) is 11.1 Å². The number of carbonyl (C=O) groups is 9. The number of nitrogens with two attached hydrogens (primary N) is 2. The zero-order valence-electron chi connectivity index (χ0n) is 40.7. The van der Waals surface area contributed by atoms with Gasteiger partial charge in [0.25, 0.3) is 5.56 Å². The van der Waals surface area contributed by atoms with Crippen LogP contribution in [0.4, 0.5) is 8.78 Å². The molecule has 1 unspecified atom stereocenters. The highest BCUT2D eigenvalue weighted by Crippen LogP contribution is 2.23. The number of aryl methyl sites for hydroxylation is 1. The summed E-state index contributed by atoms with van der Waals surface area (Å²) in [4.78, 5) is 138. The first-order valence-corrected chi connectivity index (χ1v) is 23.9. The molecule has 76 heavy (non-hydrogen) atoms. The summed E-state index contributed by atoms with van der Waals surface area (Å²) in [6.07, 6.45) is -3.40. The van der Waals surface area contributed by atoms with Crippen LogP contribution in [0.15, 0.2) is 82.4 Å². The molecule has 1 heterocycles. The van der Waals surface area contributed by atoms with Crippen molar-refractivity contribution in [3.63, 3.8) is 0 Å². The molecule has 0 aliphatic rings. The van der Waals surface area contributed by atoms with Crippen molar-refractivity contribution in [2.45, 2.75) is 101 Å². The Bertz CT molecular complexity index is 2920. The zero-order chi connectivity index (χ0) is 56.4. The Morgan fingerprint density at radius 3 is 1.78 bits per heavy atom. The number of halogens is 2. The third-order valence-electron chi connectivity index (χ3n) is 11.8. The van der Waals surface area contributed by atoms with Gasteiger partial charge in [0.2, 0.25) is 29.5 Å². The Kier molecular flexibility index (Phi) is 22.5. The minimum Gasteiger partial charge on any atom is -0.481 e. The number of carbonyl (C=O) groups excluding carboxylic acids is 5. The van der Waals surface area contributed by atoms with Crippen LogP contribution >= 0.6 is 12.6 Å². The van der Waals surface area contributed by atoms with Crippen molar-refractivity contribution in [2.24, 2.45) is 11.5 Å². The molecule has 0 bridgehead atoms. The molecule has 0 radical (unpaired) electrons. The van der Waals surface area contributed by atoms with E-state index in [1.54, 1.807) is 54.6 Å². The van der Waals surface area contributed by atoms with Crippen molar-refractivity contribution in [3.05, 3.63) is 128 Å². The van der Waals surface area contributed by atoms with Gasteiger partial charge in [0, 0.05) is 48.9 Å². The van der Waals surface area contributed by atoms with E-state index < -0.39 is 163 Å². The molecule has 408 valence electrons. The van der Waals surface area contributed by atoms with E-state index in [-0.39, 0.29) is 42.0 Å². The summed E-state index contributed by atoms with van der Waals surface area (Å²) < 4.78 is 31.8. The van der Waals surface area contributed by atoms with Crippen molar-refractivity contribution in [1.82, 2.24) is 35.7 Å². The number of nitrogens with zero attached hydrogens (tertiary/aromatic N) is 2. The van der Waals surface area contributed by atoms with Crippen LogP contribution in [0.2, 0.25) is 0 Å². The van der Waals surface area contributed by atoms with Gasteiger partial charge in [0.1, 0.15) is 41.8 Å². The molecule has 13 N–H and O–H groups in total. The minimum atomic E-state index is -1.76. The first-order chi connectivity index (χ1) is 35.9. The summed E-state index contributed by atoms with van der Waals surface area (Å²) in [6, 6.07) is 9.22. The number of benzene rings is 3. The molecule has 0 aliphatic heterocycles. The SMILES string of the molecule is Cc1c(-c2cccc(CCC(=O)N[C@@H](CCC(=O)N[C@H](CCC(=O)NC[C@H](N)C(=O)N[C@@H](CC(=O)O)C(=O)NC(CS)C(=O)O)C(=O)O)C(=O)O)c2)c(=O)n(C[C@H](N)c2ccccc2)c(=O)n1Cc1c(F)cccc1F. The fourth-order valence-corrected chi connectivity index (χ4v) is 7.84. The molecule has 1 aromatic heterocycles. The maximum atomic E-state index is 14.9. The maximum absolute atomic E-state index is 14.9. The molecule has 0 saturated carbocycles. The van der Waals surface area contributed by atoms with Gasteiger partial charge in [-0.2, -0.15) is 12.6 Å². The van der Waals surface area contributed by atoms with Gasteiger partial charge >= 0.3 is 29.6 Å². The third-order valence-corrected chi connectivity index (χ3v) is 12.1. The van der Waals surface area contributed by atoms with Gasteiger partial charge < -0.3 is 58.5 Å². The van der Waals surface area contributed by atoms with Crippen LogP contribution in [-0.2, 0) is 62.7 Å². The summed E-state index contributed by atoms with van der Waals surface area (Å²) in [5, 5.41) is 48.7. The Balaban J connectivity index is 1.35. The standard InChI is InChI=1S/C49H57F2N9O15S/c1-25-42(45(68)60(23-33(53)27-8-3-2-4-9-27)49(75)59(25)22-29-30(50)11-6-12-31(29)51)28-10-5-7-26(19-28)13-16-39(62)55-35(47(71)72)15-18-40(63)56-34(46(69)70)14-17-38(61)54-21-32(52)43(66)57-36(20-41(64)65)44(67)58-37(24-76)48(73)74/h2-12,19,32-37,76H,13-18,20-24,52-53H2,1H3,(H,54,61)(H,55,62)(H,56,63)(H,57,66)(H,58,67)(H,64,65)(H,69,70)(H,71,72)(H,73,74)/t32-,33-,34+,35-,36-,37?/m0/s1. The van der Waals surface area contributed by atoms with E-state index in [9.17, 15) is 71.7 Å². The largest absolute Gasteiger partial charge is 0.481 e. The van der Waals surface area contributed by atoms with Gasteiger partial charge in [-0.1, -0.05) is 60.7 Å². The first-order valence-electron chi connectivity index (χ1n) is 23.3. The number of hydrogen-bond donors (Lipinski definition) is 12. The molecule has 5 amide bonds. The van der Waals surface area contributed by atoms with Crippen LogP contribution in [0, 0.1) is 18.6 Å². The number of aliphatic carboxylic acids is 4. The second-order valence-electron chi connectivity index (χ2n) is 17.3. The first kappa shape index (κ1) is 60.3. The molecule has 3 aromatic carbocycles. The highest BCUT2D eigenvalue weighted by atomic mass is 32.1. The zero-order valence-corrected chi connectivity index (χ0v) is 41.6. The lowest BCUT2D eigenvalue weighted by molar-refractivity contribution is -0.143. The number of carboxylic acid groups (broad SMARTS) is 4. The number of thiol groups is 1. The van der Waals surface area contributed by atoms with Crippen molar-refractivity contribution >= 4 is 66.0 Å². The van der Waals surface area contributed by atoms with E-state index in [0.29, 0.717) is 11.1 Å². The average Bonchev–Trinajstić information content (AvgIpc) is 3.37. The van der Waals surface area contributed by atoms with Gasteiger partial charge in [0.15, 0.2) is 0 Å². The third kappa shape index (κ3) is 17.4. The molecule has 4 aromatic rings. The highest BCUT2D eigenvalue weighted by Gasteiger charge is 2.30. The van der Waals surface area contributed by atoms with E-state index in [0.717, 1.165) is 21.3 Å². The van der Waals surface area contributed by atoms with E-state index in [2.05, 4.69) is 33.9 Å². The maximum Gasteiger partial charge on any atom is 0.331 e. The topological polar surface area (TPSA) is 391 Å². The summed E-state index contributed by atoms with van der Waals surface area (Å²) in [5.74, 6) is -13.1. The number of nitrogens with one attached hydrogen (secondary N) is 5. The second-order valence-corrected chi connectivity index (χ2v) is 17.7. The number of hydrogen-bond acceptors (Lipinski definition) is 14. The van der Waals surface area contributed by atoms with Gasteiger partial charge in [0.05, 0.1) is 25.1 Å². The number of amides is 5. The average molecular weight is 1080 g/mol. The van der Waals surface area contributed by atoms with Crippen molar-refractivity contribution < 1.29 is 72.4 Å². The molecule has 0 aliphatic carbocycles. The Morgan fingerprint density at radius 2 is 1.21 bits per heavy atom. The van der Waals surface area contributed by atoms with E-state index in [4.69, 9.17) is 21.7 Å². The fourth-order valence-electron chi connectivity index (χ4n) is 7.59. The van der Waals surface area contributed by atoms with Crippen LogP contribution in [0.3, 0.4) is 0 Å². The van der Waals surface area contributed by atoms with Crippen LogP contribution in [-0.4, -0.2) is 125 Å². The van der Waals surface area contributed by atoms with Gasteiger partial charge in [-0.15, -0.1) is 0 Å². The Morgan fingerprint density at radius 1 is 0.658 bits per heavy atom. The Hall–Kier alpha value is -8.30. The van der Waals surface area contributed by atoms with Gasteiger partial charge in [-0.25, -0.2) is 28.0 Å². The molecule has 6 atom stereocenters. The number of carboxylic acids is 4. The fraction of sp³-hybridized carbons (Fsp3) is 0.367. The summed E-state index contributed by atoms with van der Waals surface area (Å²) in [5.41, 5.74) is 11.6. The molecule has 0 fully saturated rings. The second kappa shape index (κ2) is 28.4. The lowest BCUT2D eigenvalue weighted by Gasteiger charge is -2.21. The summed E-state index contributed by atoms with van der Waals surface area (Å²) in [6.45, 7) is -0.0113. The normalized spacial score (nSPS) is 13.4. The lowest BCUT2D eigenvalue weighted by atomic mass is 10.00. The van der Waals surface area contributed by atoms with Crippen molar-refractivity contribution in [1.29, 1.82) is 0 Å². The van der Waals surface area contributed by atoms with E-state index in [1.807, 2.05) is 5.32 Å². The molecular formula is C49H57F2N9O15S. The predicted octanol–water partition coefficient (Wildman–Crippen LogP) is -0.454. The predicted molar refractivity (Wildman–Crippen MR) is 268 cm³/mol.